The van der Waals surface area contributed by atoms with Gasteiger partial charge < -0.3 is 4.74 Å². The Morgan fingerprint density at radius 2 is 1.65 bits per heavy atom. The Morgan fingerprint density at radius 1 is 1.04 bits per heavy atom. The van der Waals surface area contributed by atoms with E-state index < -0.39 is 15.4 Å². The van der Waals surface area contributed by atoms with Crippen molar-refractivity contribution in [3.63, 3.8) is 0 Å². The molecule has 0 spiro atoms. The van der Waals surface area contributed by atoms with Crippen LogP contribution in [0.3, 0.4) is 0 Å². The lowest BCUT2D eigenvalue weighted by Gasteiger charge is -2.18. The van der Waals surface area contributed by atoms with E-state index in [1.165, 1.54) is 24.3 Å². The number of hydrogen-bond acceptors (Lipinski definition) is 4. The number of Topliss-reactive ketones (excluding diaryl/α,β-unsaturated/α-hetero) is 1. The van der Waals surface area contributed by atoms with Gasteiger partial charge in [-0.1, -0.05) is 6.07 Å². The van der Waals surface area contributed by atoms with Gasteiger partial charge in [-0.25, -0.2) is 12.8 Å². The molecule has 0 aliphatic carbocycles. The number of benzene rings is 2. The van der Waals surface area contributed by atoms with Crippen LogP contribution in [-0.2, 0) is 19.4 Å². The average Bonchev–Trinajstić information content (AvgIpc) is 2.78. The minimum atomic E-state index is -3.32. The molecule has 3 rings (SSSR count). The zero-order valence-electron chi connectivity index (χ0n) is 15.0. The smallest absolute Gasteiger partial charge is 0.210 e. The van der Waals surface area contributed by atoms with Crippen LogP contribution in [0.2, 0.25) is 0 Å². The molecule has 26 heavy (non-hydrogen) atoms. The minimum Gasteiger partial charge on any atom is -0.478 e. The zero-order chi connectivity index (χ0) is 19.3. The first-order valence-corrected chi connectivity index (χ1v) is 9.95. The van der Waals surface area contributed by atoms with Gasteiger partial charge in [0.05, 0.1) is 10.5 Å². The van der Waals surface area contributed by atoms with Crippen molar-refractivity contribution >= 4 is 27.0 Å². The molecule has 1 aliphatic rings. The highest BCUT2D eigenvalue weighted by Gasteiger charge is 2.43. The summed E-state index contributed by atoms with van der Waals surface area (Å²) < 4.78 is 42.7. The maximum Gasteiger partial charge on any atom is 0.210 e. The van der Waals surface area contributed by atoms with Crippen molar-refractivity contribution in [3.8, 4) is 0 Å². The summed E-state index contributed by atoms with van der Waals surface area (Å²) in [6, 6.07) is 10.4. The van der Waals surface area contributed by atoms with Gasteiger partial charge in [0, 0.05) is 11.8 Å². The molecule has 0 saturated carbocycles. The fourth-order valence-electron chi connectivity index (χ4n) is 2.97. The molecule has 0 fully saturated rings. The van der Waals surface area contributed by atoms with Crippen molar-refractivity contribution in [1.82, 2.24) is 0 Å². The first-order valence-electron chi connectivity index (χ1n) is 8.06. The molecular weight excluding hydrogens is 355 g/mol. The third-order valence-electron chi connectivity index (χ3n) is 4.36. The minimum absolute atomic E-state index is 0.185. The van der Waals surface area contributed by atoms with E-state index in [2.05, 4.69) is 0 Å². The van der Waals surface area contributed by atoms with Gasteiger partial charge >= 0.3 is 0 Å². The average molecular weight is 374 g/mol. The van der Waals surface area contributed by atoms with Crippen molar-refractivity contribution in [2.75, 3.05) is 6.26 Å². The summed E-state index contributed by atoms with van der Waals surface area (Å²) in [5.41, 5.74) is 1.14. The van der Waals surface area contributed by atoms with E-state index in [-0.39, 0.29) is 16.5 Å². The van der Waals surface area contributed by atoms with Crippen LogP contribution in [0, 0.1) is 12.7 Å². The van der Waals surface area contributed by atoms with Crippen LogP contribution in [0.5, 0.6) is 0 Å². The Balaban J connectivity index is 2.20. The van der Waals surface area contributed by atoms with Gasteiger partial charge in [0.2, 0.25) is 5.78 Å². The summed E-state index contributed by atoms with van der Waals surface area (Å²) in [6.07, 6.45) is 1.13. The molecule has 0 bridgehead atoms. The second-order valence-electron chi connectivity index (χ2n) is 6.90. The molecule has 2 aromatic carbocycles. The molecule has 0 radical (unpaired) electrons. The molecule has 0 saturated heterocycles. The third kappa shape index (κ3) is 3.17. The second kappa shape index (κ2) is 6.06. The molecule has 136 valence electrons. The lowest BCUT2D eigenvalue weighted by Crippen LogP contribution is -2.29. The summed E-state index contributed by atoms with van der Waals surface area (Å²) in [5.74, 6) is -0.208. The normalized spacial score (nSPS) is 16.7. The van der Waals surface area contributed by atoms with Crippen LogP contribution < -0.4 is 0 Å². The molecule has 6 heteroatoms. The summed E-state index contributed by atoms with van der Waals surface area (Å²) in [7, 11) is -3.32. The Hall–Kier alpha value is -2.47. The van der Waals surface area contributed by atoms with E-state index in [1.807, 2.05) is 0 Å². The number of rotatable bonds is 3. The molecular formula is C20H19FO4S. The monoisotopic (exact) mass is 374 g/mol. The van der Waals surface area contributed by atoms with E-state index in [9.17, 15) is 17.6 Å². The Bertz CT molecular complexity index is 1030. The number of halogens is 1. The van der Waals surface area contributed by atoms with Crippen molar-refractivity contribution in [2.24, 2.45) is 0 Å². The van der Waals surface area contributed by atoms with Gasteiger partial charge in [-0.05, 0) is 68.3 Å². The summed E-state index contributed by atoms with van der Waals surface area (Å²) in [5, 5.41) is 0. The lowest BCUT2D eigenvalue weighted by molar-refractivity contribution is -0.125. The Morgan fingerprint density at radius 3 is 2.19 bits per heavy atom. The van der Waals surface area contributed by atoms with Gasteiger partial charge in [-0.2, -0.15) is 0 Å². The quantitative estimate of drug-likeness (QED) is 0.820. The Kier molecular flexibility index (Phi) is 4.27. The number of aryl methyl sites for hydroxylation is 1. The van der Waals surface area contributed by atoms with Crippen LogP contribution in [0.15, 0.2) is 47.4 Å². The lowest BCUT2D eigenvalue weighted by atomic mass is 9.90. The molecule has 0 amide bonds. The van der Waals surface area contributed by atoms with Gasteiger partial charge in [-0.3, -0.25) is 4.79 Å². The first-order chi connectivity index (χ1) is 12.0. The predicted octanol–water partition coefficient (Wildman–Crippen LogP) is 3.78. The molecule has 1 heterocycles. The Labute approximate surface area is 152 Å². The third-order valence-corrected chi connectivity index (χ3v) is 5.49. The fraction of sp³-hybridized carbons (Fsp3) is 0.250. The van der Waals surface area contributed by atoms with Crippen molar-refractivity contribution in [2.45, 2.75) is 31.3 Å². The van der Waals surface area contributed by atoms with Gasteiger partial charge in [0.25, 0.3) is 0 Å². The number of carbonyl (C=O) groups excluding carboxylic acids is 1. The van der Waals surface area contributed by atoms with Crippen LogP contribution in [0.4, 0.5) is 4.39 Å². The SMILES string of the molecule is Cc1cc(F)ccc1C1=C(c2ccc(S(C)(=O)=O)cc2)OC(C)(C)C1=O. The van der Waals surface area contributed by atoms with Crippen molar-refractivity contribution in [3.05, 3.63) is 65.0 Å². The maximum atomic E-state index is 13.5. The van der Waals surface area contributed by atoms with Crippen LogP contribution in [-0.4, -0.2) is 26.1 Å². The number of ketones is 1. The highest BCUT2D eigenvalue weighted by atomic mass is 32.2. The molecule has 4 nitrogen and oxygen atoms in total. The number of hydrogen-bond donors (Lipinski definition) is 0. The summed E-state index contributed by atoms with van der Waals surface area (Å²) in [4.78, 5) is 13.1. The number of carbonyl (C=O) groups is 1. The molecule has 1 aliphatic heterocycles. The highest BCUT2D eigenvalue weighted by Crippen LogP contribution is 2.42. The van der Waals surface area contributed by atoms with Crippen LogP contribution >= 0.6 is 0 Å². The topological polar surface area (TPSA) is 60.4 Å². The van der Waals surface area contributed by atoms with Crippen molar-refractivity contribution in [1.29, 1.82) is 0 Å². The molecule has 0 atom stereocenters. The van der Waals surface area contributed by atoms with E-state index in [0.717, 1.165) is 6.26 Å². The van der Waals surface area contributed by atoms with E-state index >= 15 is 0 Å². The van der Waals surface area contributed by atoms with E-state index in [1.54, 1.807) is 39.0 Å². The number of sulfone groups is 1. The number of ether oxygens (including phenoxy) is 1. The predicted molar refractivity (Wildman–Crippen MR) is 97.7 cm³/mol. The molecule has 2 aromatic rings. The van der Waals surface area contributed by atoms with Gasteiger partial charge in [-0.15, -0.1) is 0 Å². The molecule has 0 N–H and O–H groups in total. The van der Waals surface area contributed by atoms with Gasteiger partial charge in [0.1, 0.15) is 11.6 Å². The largest absolute Gasteiger partial charge is 0.478 e. The summed E-state index contributed by atoms with van der Waals surface area (Å²) >= 11 is 0. The van der Waals surface area contributed by atoms with Crippen molar-refractivity contribution < 1.29 is 22.3 Å². The van der Waals surface area contributed by atoms with Crippen LogP contribution in [0.1, 0.15) is 30.5 Å². The highest BCUT2D eigenvalue weighted by molar-refractivity contribution is 7.90. The van der Waals surface area contributed by atoms with E-state index in [4.69, 9.17) is 4.74 Å². The standard InChI is InChI=1S/C20H19FO4S/c1-12-11-14(21)7-10-16(12)17-18(25-20(2,3)19(17)22)13-5-8-15(9-6-13)26(4,23)24/h5-11H,1-4H3. The zero-order valence-corrected chi connectivity index (χ0v) is 15.8. The second-order valence-corrected chi connectivity index (χ2v) is 8.92. The summed E-state index contributed by atoms with van der Waals surface area (Å²) in [6.45, 7) is 5.08. The van der Waals surface area contributed by atoms with Crippen LogP contribution in [0.25, 0.3) is 11.3 Å². The maximum absolute atomic E-state index is 13.5. The van der Waals surface area contributed by atoms with Gasteiger partial charge in [0.15, 0.2) is 15.4 Å². The fourth-order valence-corrected chi connectivity index (χ4v) is 3.60. The molecule has 0 aromatic heterocycles. The molecule has 0 unspecified atom stereocenters. The van der Waals surface area contributed by atoms with E-state index in [0.29, 0.717) is 28.0 Å². The first kappa shape index (κ1) is 18.3.